The lowest BCUT2D eigenvalue weighted by Gasteiger charge is -2.15. The molecule has 0 spiro atoms. The summed E-state index contributed by atoms with van der Waals surface area (Å²) < 4.78 is 18.1. The number of aromatic nitrogens is 2. The van der Waals surface area contributed by atoms with Crippen molar-refractivity contribution in [1.29, 1.82) is 0 Å². The summed E-state index contributed by atoms with van der Waals surface area (Å²) in [7, 11) is 1.94. The third-order valence-electron chi connectivity index (χ3n) is 3.69. The second-order valence-electron chi connectivity index (χ2n) is 5.95. The summed E-state index contributed by atoms with van der Waals surface area (Å²) in [6, 6.07) is 3.90. The highest BCUT2D eigenvalue weighted by Crippen LogP contribution is 2.28. The van der Waals surface area contributed by atoms with Gasteiger partial charge in [0.25, 0.3) is 0 Å². The first-order valence-electron chi connectivity index (χ1n) is 9.89. The highest BCUT2D eigenvalue weighted by molar-refractivity contribution is 7.16. The lowest BCUT2D eigenvalue weighted by Crippen LogP contribution is -2.16. The SMILES string of the molecule is C=C.C=C/C(=C\C)OCCC=O.C=C/C=C\c1sc(N(C)Cc2cccnc2)nc1CF. The number of rotatable bonds is 11. The second-order valence-corrected chi connectivity index (χ2v) is 6.96. The predicted octanol–water partition coefficient (Wildman–Crippen LogP) is 6.33. The van der Waals surface area contributed by atoms with E-state index in [1.165, 1.54) is 11.3 Å². The summed E-state index contributed by atoms with van der Waals surface area (Å²) in [6.07, 6.45) is 13.5. The van der Waals surface area contributed by atoms with E-state index in [4.69, 9.17) is 4.74 Å². The van der Waals surface area contributed by atoms with E-state index in [-0.39, 0.29) is 0 Å². The summed E-state index contributed by atoms with van der Waals surface area (Å²) in [4.78, 5) is 21.1. The number of hydrogen-bond acceptors (Lipinski definition) is 6. The Balaban J connectivity index is 0.000000680. The minimum atomic E-state index is -0.561. The van der Waals surface area contributed by atoms with Crippen molar-refractivity contribution in [3.05, 3.63) is 97.0 Å². The first kappa shape index (κ1) is 28.7. The van der Waals surface area contributed by atoms with Crippen molar-refractivity contribution in [1.82, 2.24) is 9.97 Å². The van der Waals surface area contributed by atoms with E-state index in [9.17, 15) is 9.18 Å². The summed E-state index contributed by atoms with van der Waals surface area (Å²) in [6.45, 7) is 15.6. The molecular weight excluding hydrogens is 425 g/mol. The number of hydrogen-bond donors (Lipinski definition) is 0. The van der Waals surface area contributed by atoms with Gasteiger partial charge in [-0.2, -0.15) is 0 Å². The summed E-state index contributed by atoms with van der Waals surface area (Å²) in [5, 5.41) is 0.796. The number of alkyl halides is 1. The fourth-order valence-electron chi connectivity index (χ4n) is 2.21. The van der Waals surface area contributed by atoms with Crippen LogP contribution in [0.25, 0.3) is 6.08 Å². The van der Waals surface area contributed by atoms with Crippen LogP contribution in [-0.4, -0.2) is 29.9 Å². The Bertz CT molecular complexity index is 863. The van der Waals surface area contributed by atoms with Crippen molar-refractivity contribution in [3.63, 3.8) is 0 Å². The molecule has 0 unspecified atom stereocenters. The van der Waals surface area contributed by atoms with E-state index < -0.39 is 6.67 Å². The molecule has 5 nitrogen and oxygen atoms in total. The number of carbonyl (C=O) groups excluding carboxylic acids is 1. The number of allylic oxidation sites excluding steroid dienone is 4. The molecule has 0 saturated heterocycles. The molecule has 0 saturated carbocycles. The molecule has 0 aliphatic carbocycles. The minimum Gasteiger partial charge on any atom is -0.494 e. The zero-order chi connectivity index (χ0) is 24.2. The van der Waals surface area contributed by atoms with Crippen LogP contribution >= 0.6 is 11.3 Å². The van der Waals surface area contributed by atoms with E-state index >= 15 is 0 Å². The lowest BCUT2D eigenvalue weighted by molar-refractivity contribution is -0.108. The minimum absolute atomic E-state index is 0.436. The molecular formula is C25H32FN3O2S. The molecule has 0 aliphatic rings. The Morgan fingerprint density at radius 2 is 2.09 bits per heavy atom. The van der Waals surface area contributed by atoms with Gasteiger partial charge in [0.05, 0.1) is 17.2 Å². The summed E-state index contributed by atoms with van der Waals surface area (Å²) in [5.74, 6) is 0.724. The zero-order valence-electron chi connectivity index (χ0n) is 18.9. The number of aldehydes is 1. The average Bonchev–Trinajstić information content (AvgIpc) is 3.26. The smallest absolute Gasteiger partial charge is 0.186 e. The lowest BCUT2D eigenvalue weighted by atomic mass is 10.3. The number of carbonyl (C=O) groups is 1. The predicted molar refractivity (Wildman–Crippen MR) is 134 cm³/mol. The highest BCUT2D eigenvalue weighted by Gasteiger charge is 2.12. The van der Waals surface area contributed by atoms with E-state index in [0.717, 1.165) is 27.6 Å². The number of anilines is 1. The van der Waals surface area contributed by atoms with Crippen molar-refractivity contribution in [2.24, 2.45) is 0 Å². The maximum absolute atomic E-state index is 13.0. The number of thiazole rings is 1. The quantitative estimate of drug-likeness (QED) is 0.130. The van der Waals surface area contributed by atoms with Gasteiger partial charge in [0.2, 0.25) is 0 Å². The zero-order valence-corrected chi connectivity index (χ0v) is 19.7. The van der Waals surface area contributed by atoms with Gasteiger partial charge < -0.3 is 14.4 Å². The van der Waals surface area contributed by atoms with Crippen molar-refractivity contribution in [2.75, 3.05) is 18.6 Å². The van der Waals surface area contributed by atoms with Gasteiger partial charge in [0.1, 0.15) is 18.7 Å². The Labute approximate surface area is 195 Å². The van der Waals surface area contributed by atoms with Gasteiger partial charge in [-0.1, -0.05) is 42.7 Å². The standard InChI is InChI=1S/C15H16FN3S.C8H12O2.C2H4/c1-3-4-7-14-13(9-16)18-15(20-14)19(2)11-12-6-5-8-17-10-12;1-3-8(4-2)10-7-5-6-9;1-2/h3-8,10H,1,9,11H2,2H3;3-4,6H,1,5,7H2,2H3;1-2H2/b7-4-;8-4+;. The highest BCUT2D eigenvalue weighted by atomic mass is 32.1. The molecule has 7 heteroatoms. The molecule has 0 atom stereocenters. The van der Waals surface area contributed by atoms with Crippen LogP contribution < -0.4 is 4.90 Å². The van der Waals surface area contributed by atoms with Crippen LogP contribution in [0.2, 0.25) is 0 Å². The summed E-state index contributed by atoms with van der Waals surface area (Å²) >= 11 is 1.47. The van der Waals surface area contributed by atoms with E-state index in [1.807, 2.05) is 43.3 Å². The van der Waals surface area contributed by atoms with Gasteiger partial charge in [-0.3, -0.25) is 4.98 Å². The maximum Gasteiger partial charge on any atom is 0.186 e. The van der Waals surface area contributed by atoms with Gasteiger partial charge >= 0.3 is 0 Å². The Kier molecular flexibility index (Phi) is 16.5. The third-order valence-corrected chi connectivity index (χ3v) is 4.86. The Morgan fingerprint density at radius 1 is 1.34 bits per heavy atom. The molecule has 0 bridgehead atoms. The average molecular weight is 458 g/mol. The fraction of sp³-hybridized carbons (Fsp3) is 0.240. The van der Waals surface area contributed by atoms with Crippen LogP contribution in [0.15, 0.2) is 80.9 Å². The van der Waals surface area contributed by atoms with Crippen LogP contribution in [0.4, 0.5) is 9.52 Å². The molecule has 2 heterocycles. The monoisotopic (exact) mass is 457 g/mol. The number of ether oxygens (including phenoxy) is 1. The topological polar surface area (TPSA) is 55.3 Å². The van der Waals surface area contributed by atoms with Crippen LogP contribution in [0, 0.1) is 0 Å². The van der Waals surface area contributed by atoms with Crippen LogP contribution in [0.1, 0.15) is 29.5 Å². The Morgan fingerprint density at radius 3 is 2.62 bits per heavy atom. The van der Waals surface area contributed by atoms with Crippen molar-refractivity contribution in [3.8, 4) is 0 Å². The number of nitrogens with zero attached hydrogens (tertiary/aromatic N) is 3. The molecule has 2 rings (SSSR count). The fourth-order valence-corrected chi connectivity index (χ4v) is 3.15. The molecule has 0 aromatic carbocycles. The first-order chi connectivity index (χ1) is 15.6. The van der Waals surface area contributed by atoms with Gasteiger partial charge in [0.15, 0.2) is 5.13 Å². The van der Waals surface area contributed by atoms with Gasteiger partial charge in [-0.05, 0) is 36.8 Å². The molecule has 2 aromatic rings. The van der Waals surface area contributed by atoms with E-state index in [0.29, 0.717) is 25.3 Å². The number of pyridine rings is 1. The van der Waals surface area contributed by atoms with E-state index in [2.05, 4.69) is 36.3 Å². The van der Waals surface area contributed by atoms with Crippen LogP contribution in [0.5, 0.6) is 0 Å². The van der Waals surface area contributed by atoms with Crippen LogP contribution in [-0.2, 0) is 22.8 Å². The molecule has 0 N–H and O–H groups in total. The summed E-state index contributed by atoms with van der Waals surface area (Å²) in [5.41, 5.74) is 1.57. The second kappa shape index (κ2) is 18.4. The molecule has 0 radical (unpaired) electrons. The largest absolute Gasteiger partial charge is 0.494 e. The molecule has 0 amide bonds. The Hall–Kier alpha value is -3.32. The molecule has 0 aliphatic heterocycles. The van der Waals surface area contributed by atoms with Gasteiger partial charge in [-0.25, -0.2) is 9.37 Å². The number of halogens is 1. The molecule has 2 aromatic heterocycles. The van der Waals surface area contributed by atoms with Crippen molar-refractivity contribution < 1.29 is 13.9 Å². The van der Waals surface area contributed by atoms with Crippen molar-refractivity contribution >= 4 is 28.8 Å². The molecule has 32 heavy (non-hydrogen) atoms. The van der Waals surface area contributed by atoms with Gasteiger partial charge in [-0.15, -0.1) is 13.2 Å². The first-order valence-corrected chi connectivity index (χ1v) is 10.7. The third kappa shape index (κ3) is 11.2. The molecule has 0 fully saturated rings. The normalized spacial score (nSPS) is 10.3. The molecule has 172 valence electrons. The van der Waals surface area contributed by atoms with Gasteiger partial charge in [0, 0.05) is 32.4 Å². The van der Waals surface area contributed by atoms with Crippen molar-refractivity contribution in [2.45, 2.75) is 26.6 Å². The van der Waals surface area contributed by atoms with E-state index in [1.54, 1.807) is 30.5 Å². The maximum atomic E-state index is 13.0. The van der Waals surface area contributed by atoms with Crippen LogP contribution in [0.3, 0.4) is 0 Å².